The van der Waals surface area contributed by atoms with E-state index in [1.54, 1.807) is 19.1 Å². The molecule has 6 heteroatoms. The van der Waals surface area contributed by atoms with Crippen LogP contribution < -0.4 is 10.1 Å². The van der Waals surface area contributed by atoms with Crippen molar-refractivity contribution in [3.05, 3.63) is 64.2 Å². The number of ether oxygens (including phenoxy) is 1. The molecule has 0 saturated carbocycles. The summed E-state index contributed by atoms with van der Waals surface area (Å²) in [6.45, 7) is 2.11. The molecule has 1 aliphatic carbocycles. The summed E-state index contributed by atoms with van der Waals surface area (Å²) in [5.74, 6) is 0.279. The van der Waals surface area contributed by atoms with Crippen LogP contribution in [0.5, 0.6) is 5.75 Å². The Hall–Kier alpha value is -2.53. The first-order valence-electron chi connectivity index (χ1n) is 9.13. The second-order valence-electron chi connectivity index (χ2n) is 7.13. The van der Waals surface area contributed by atoms with Gasteiger partial charge in [0.2, 0.25) is 0 Å². The third-order valence-electron chi connectivity index (χ3n) is 5.36. The molecule has 1 saturated heterocycles. The number of rotatable bonds is 5. The molecule has 1 aliphatic heterocycles. The zero-order valence-corrected chi connectivity index (χ0v) is 15.9. The van der Waals surface area contributed by atoms with E-state index in [2.05, 4.69) is 17.4 Å². The Balaban J connectivity index is 1.47. The van der Waals surface area contributed by atoms with Crippen LogP contribution in [0, 0.1) is 0 Å². The summed E-state index contributed by atoms with van der Waals surface area (Å²) in [6, 6.07) is 12.8. The third kappa shape index (κ3) is 3.16. The van der Waals surface area contributed by atoms with Crippen molar-refractivity contribution in [2.45, 2.75) is 31.7 Å². The predicted octanol–water partition coefficient (Wildman–Crippen LogP) is 3.67. The summed E-state index contributed by atoms with van der Waals surface area (Å²) in [4.78, 5) is 26.7. The number of imide groups is 1. The zero-order chi connectivity index (χ0) is 19.0. The first kappa shape index (κ1) is 17.9. The highest BCUT2D eigenvalue weighted by atomic mass is 35.5. The van der Waals surface area contributed by atoms with Gasteiger partial charge in [0, 0.05) is 0 Å². The number of urea groups is 1. The molecule has 1 heterocycles. The summed E-state index contributed by atoms with van der Waals surface area (Å²) in [7, 11) is 0. The lowest BCUT2D eigenvalue weighted by Crippen LogP contribution is -2.41. The van der Waals surface area contributed by atoms with Gasteiger partial charge in [-0.25, -0.2) is 4.79 Å². The van der Waals surface area contributed by atoms with Crippen LogP contribution >= 0.6 is 11.6 Å². The molecule has 27 heavy (non-hydrogen) atoms. The number of nitrogens with zero attached hydrogens (tertiary/aromatic N) is 1. The topological polar surface area (TPSA) is 58.6 Å². The van der Waals surface area contributed by atoms with Gasteiger partial charge in [0.1, 0.15) is 17.9 Å². The van der Waals surface area contributed by atoms with Gasteiger partial charge >= 0.3 is 6.03 Å². The minimum Gasteiger partial charge on any atom is -0.490 e. The maximum atomic E-state index is 13.0. The fraction of sp³-hybridized carbons (Fsp3) is 0.333. The highest BCUT2D eigenvalue weighted by Crippen LogP contribution is 2.32. The Kier molecular flexibility index (Phi) is 4.56. The number of nitrogens with one attached hydrogen (secondary N) is 1. The van der Waals surface area contributed by atoms with Gasteiger partial charge in [-0.05, 0) is 55.0 Å². The number of hydrogen-bond acceptors (Lipinski definition) is 3. The Bertz CT molecular complexity index is 914. The number of benzene rings is 2. The molecular formula is C21H21ClN2O3. The lowest BCUT2D eigenvalue weighted by molar-refractivity contribution is -0.131. The molecule has 2 aliphatic rings. The Morgan fingerprint density at radius 2 is 1.93 bits per heavy atom. The SMILES string of the molecule is CC1(c2ccc3c(c2)CCC3)NC(=O)N(CCOc2ccccc2Cl)C1=O. The monoisotopic (exact) mass is 384 g/mol. The normalized spacial score (nSPS) is 21.3. The van der Waals surface area contributed by atoms with E-state index >= 15 is 0 Å². The molecule has 1 fully saturated rings. The highest BCUT2D eigenvalue weighted by molar-refractivity contribution is 6.32. The van der Waals surface area contributed by atoms with Crippen molar-refractivity contribution >= 4 is 23.5 Å². The Morgan fingerprint density at radius 3 is 2.74 bits per heavy atom. The van der Waals surface area contributed by atoms with Crippen LogP contribution in [0.4, 0.5) is 4.79 Å². The van der Waals surface area contributed by atoms with Crippen LogP contribution in [0.25, 0.3) is 0 Å². The highest BCUT2D eigenvalue weighted by Gasteiger charge is 2.49. The van der Waals surface area contributed by atoms with E-state index in [9.17, 15) is 9.59 Å². The number of para-hydroxylation sites is 1. The minimum absolute atomic E-state index is 0.163. The number of carbonyl (C=O) groups is 2. The number of halogens is 1. The first-order valence-corrected chi connectivity index (χ1v) is 9.50. The molecule has 140 valence electrons. The third-order valence-corrected chi connectivity index (χ3v) is 5.67. The lowest BCUT2D eigenvalue weighted by Gasteiger charge is -2.23. The Morgan fingerprint density at radius 1 is 1.15 bits per heavy atom. The van der Waals surface area contributed by atoms with E-state index < -0.39 is 11.6 Å². The predicted molar refractivity (Wildman–Crippen MR) is 103 cm³/mol. The molecule has 2 aromatic carbocycles. The van der Waals surface area contributed by atoms with Crippen LogP contribution in [0.15, 0.2) is 42.5 Å². The lowest BCUT2D eigenvalue weighted by atomic mass is 9.90. The van der Waals surface area contributed by atoms with Crippen molar-refractivity contribution in [1.29, 1.82) is 0 Å². The fourth-order valence-corrected chi connectivity index (χ4v) is 3.98. The smallest absolute Gasteiger partial charge is 0.325 e. The molecule has 0 spiro atoms. The second kappa shape index (κ2) is 6.89. The van der Waals surface area contributed by atoms with Gasteiger partial charge in [0.15, 0.2) is 0 Å². The largest absolute Gasteiger partial charge is 0.490 e. The average molecular weight is 385 g/mol. The molecule has 0 radical (unpaired) electrons. The summed E-state index contributed by atoms with van der Waals surface area (Å²) in [5, 5.41) is 3.35. The minimum atomic E-state index is -1.04. The van der Waals surface area contributed by atoms with Gasteiger partial charge in [-0.1, -0.05) is 41.9 Å². The average Bonchev–Trinajstić information content (AvgIpc) is 3.21. The fourth-order valence-electron chi connectivity index (χ4n) is 3.79. The summed E-state index contributed by atoms with van der Waals surface area (Å²) in [6.07, 6.45) is 3.25. The van der Waals surface area contributed by atoms with Crippen LogP contribution in [-0.2, 0) is 23.2 Å². The second-order valence-corrected chi connectivity index (χ2v) is 7.54. The number of amides is 3. The molecule has 1 unspecified atom stereocenters. The molecular weight excluding hydrogens is 364 g/mol. The molecule has 1 atom stereocenters. The van der Waals surface area contributed by atoms with Gasteiger partial charge in [0.25, 0.3) is 5.91 Å². The van der Waals surface area contributed by atoms with Gasteiger partial charge in [-0.2, -0.15) is 0 Å². The number of aryl methyl sites for hydroxylation is 2. The number of carbonyl (C=O) groups excluding carboxylic acids is 2. The number of hydrogen-bond donors (Lipinski definition) is 1. The van der Waals surface area contributed by atoms with Gasteiger partial charge in [-0.15, -0.1) is 0 Å². The van der Waals surface area contributed by atoms with Gasteiger partial charge in [-0.3, -0.25) is 9.69 Å². The molecule has 1 N–H and O–H groups in total. The maximum Gasteiger partial charge on any atom is 0.325 e. The van der Waals surface area contributed by atoms with Crippen LogP contribution in [0.1, 0.15) is 30.0 Å². The molecule has 0 aromatic heterocycles. The van der Waals surface area contributed by atoms with E-state index in [1.807, 2.05) is 18.2 Å². The summed E-state index contributed by atoms with van der Waals surface area (Å²) >= 11 is 6.06. The van der Waals surface area contributed by atoms with Crippen molar-refractivity contribution in [3.8, 4) is 5.75 Å². The molecule has 2 aromatic rings. The number of fused-ring (bicyclic) bond motifs is 1. The van der Waals surface area contributed by atoms with Crippen molar-refractivity contribution in [2.75, 3.05) is 13.2 Å². The quantitative estimate of drug-likeness (QED) is 0.800. The standard InChI is InChI=1S/C21H21ClN2O3/c1-21(16-10-9-14-5-4-6-15(14)13-16)19(25)24(20(26)23-21)11-12-27-18-8-3-2-7-17(18)22/h2-3,7-10,13H,4-6,11-12H2,1H3,(H,23,26). The van der Waals surface area contributed by atoms with E-state index in [-0.39, 0.29) is 19.1 Å². The van der Waals surface area contributed by atoms with Crippen molar-refractivity contribution < 1.29 is 14.3 Å². The van der Waals surface area contributed by atoms with E-state index in [0.717, 1.165) is 24.8 Å². The maximum absolute atomic E-state index is 13.0. The van der Waals surface area contributed by atoms with Crippen LogP contribution in [-0.4, -0.2) is 30.0 Å². The van der Waals surface area contributed by atoms with Gasteiger partial charge < -0.3 is 10.1 Å². The van der Waals surface area contributed by atoms with E-state index in [4.69, 9.17) is 16.3 Å². The van der Waals surface area contributed by atoms with Crippen LogP contribution in [0.3, 0.4) is 0 Å². The van der Waals surface area contributed by atoms with E-state index in [0.29, 0.717) is 10.8 Å². The molecule has 3 amide bonds. The van der Waals surface area contributed by atoms with Crippen molar-refractivity contribution in [1.82, 2.24) is 10.2 Å². The summed E-state index contributed by atoms with van der Waals surface area (Å²) < 4.78 is 5.62. The molecule has 4 rings (SSSR count). The molecule has 5 nitrogen and oxygen atoms in total. The summed E-state index contributed by atoms with van der Waals surface area (Å²) in [5.41, 5.74) is 2.40. The Labute approximate surface area is 163 Å². The zero-order valence-electron chi connectivity index (χ0n) is 15.1. The van der Waals surface area contributed by atoms with E-state index in [1.165, 1.54) is 16.0 Å². The molecule has 0 bridgehead atoms. The van der Waals surface area contributed by atoms with Crippen molar-refractivity contribution in [2.24, 2.45) is 0 Å². The first-order chi connectivity index (χ1) is 13.0. The van der Waals surface area contributed by atoms with Crippen LogP contribution in [0.2, 0.25) is 5.02 Å². The van der Waals surface area contributed by atoms with Gasteiger partial charge in [0.05, 0.1) is 11.6 Å². The van der Waals surface area contributed by atoms with Crippen molar-refractivity contribution in [3.63, 3.8) is 0 Å².